The highest BCUT2D eigenvalue weighted by molar-refractivity contribution is 6.35. The van der Waals surface area contributed by atoms with Gasteiger partial charge in [0.25, 0.3) is 0 Å². The molecule has 0 saturated carbocycles. The molecule has 0 amide bonds. The maximum absolute atomic E-state index is 2.33. The molecule has 56 valence electrons. The van der Waals surface area contributed by atoms with Crippen molar-refractivity contribution in [2.45, 2.75) is 45.7 Å². The fourth-order valence-electron chi connectivity index (χ4n) is 0.979. The van der Waals surface area contributed by atoms with Crippen LogP contribution in [0.5, 0.6) is 0 Å². The molecule has 0 saturated heterocycles. The summed E-state index contributed by atoms with van der Waals surface area (Å²) in [6.07, 6.45) is 2.88. The molecule has 0 unspecified atom stereocenters. The van der Waals surface area contributed by atoms with E-state index in [9.17, 15) is 0 Å². The Hall–Kier alpha value is 0.217. The van der Waals surface area contributed by atoms with E-state index in [-0.39, 0.29) is 0 Å². The summed E-state index contributed by atoms with van der Waals surface area (Å²) >= 11 is 0. The number of rotatable bonds is 5. The molecule has 1 heteroatoms. The van der Waals surface area contributed by atoms with Crippen molar-refractivity contribution in [3.8, 4) is 0 Å². The van der Waals surface area contributed by atoms with E-state index in [0.29, 0.717) is 9.52 Å². The number of unbranched alkanes of at least 4 members (excludes halogenated alkanes) is 1. The van der Waals surface area contributed by atoms with Gasteiger partial charge >= 0.3 is 0 Å². The lowest BCUT2D eigenvalue weighted by atomic mass is 10.3. The lowest BCUT2D eigenvalue weighted by Crippen LogP contribution is -1.94. The van der Waals surface area contributed by atoms with Crippen LogP contribution < -0.4 is 0 Å². The second-order valence-corrected chi connectivity index (χ2v) is 5.23. The van der Waals surface area contributed by atoms with E-state index in [0.717, 1.165) is 5.92 Å². The van der Waals surface area contributed by atoms with E-state index in [1.165, 1.54) is 12.8 Å². The predicted molar refractivity (Wildman–Crippen MR) is 47.9 cm³/mol. The first-order valence-electron chi connectivity index (χ1n) is 4.27. The molecule has 0 fully saturated rings. The third kappa shape index (κ3) is 8.22. The van der Waals surface area contributed by atoms with Crippen LogP contribution in [0.3, 0.4) is 0 Å². The van der Waals surface area contributed by atoms with Crippen LogP contribution in [0.25, 0.3) is 0 Å². The normalized spacial score (nSPS) is 12.0. The first kappa shape index (κ1) is 9.22. The molecule has 0 rings (SSSR count). The molecule has 0 radical (unpaired) electrons. The summed E-state index contributed by atoms with van der Waals surface area (Å²) < 4.78 is 0. The van der Waals surface area contributed by atoms with Crippen LogP contribution in [-0.2, 0) is 0 Å². The Kier molecular flexibility index (Phi) is 6.49. The largest absolute Gasteiger partial charge is 0.0654 e. The molecule has 9 heavy (non-hydrogen) atoms. The molecule has 0 N–H and O–H groups in total. The van der Waals surface area contributed by atoms with Gasteiger partial charge in [0, 0.05) is 9.52 Å². The third-order valence-corrected chi connectivity index (χ3v) is 4.20. The topological polar surface area (TPSA) is 0 Å². The Bertz CT molecular complexity index is 50.5. The van der Waals surface area contributed by atoms with Gasteiger partial charge in [-0.2, -0.15) is 0 Å². The molecule has 0 aromatic carbocycles. The Balaban J connectivity index is 2.75. The first-order chi connectivity index (χ1) is 4.27. The molecule has 0 aromatic rings. The van der Waals surface area contributed by atoms with E-state index in [4.69, 9.17) is 0 Å². The van der Waals surface area contributed by atoms with Gasteiger partial charge in [-0.05, 0) is 0 Å². The van der Waals surface area contributed by atoms with Crippen molar-refractivity contribution in [1.29, 1.82) is 0 Å². The lowest BCUT2D eigenvalue weighted by molar-refractivity contribution is 0.726. The number of hydrogen-bond acceptors (Lipinski definition) is 0. The maximum atomic E-state index is 2.33. The minimum Gasteiger partial charge on any atom is -0.0654 e. The Labute approximate surface area is 61.9 Å². The zero-order valence-corrected chi connectivity index (χ0v) is 8.53. The molecule has 0 aliphatic heterocycles. The SMILES string of the molecule is CCCC[SiH2]CC(C)C. The Morgan fingerprint density at radius 2 is 2.00 bits per heavy atom. The summed E-state index contributed by atoms with van der Waals surface area (Å²) in [7, 11) is 0.353. The van der Waals surface area contributed by atoms with Crippen LogP contribution in [0.2, 0.25) is 12.1 Å². The summed E-state index contributed by atoms with van der Waals surface area (Å²) in [5.41, 5.74) is 0. The summed E-state index contributed by atoms with van der Waals surface area (Å²) in [4.78, 5) is 0. The van der Waals surface area contributed by atoms with E-state index < -0.39 is 0 Å². The highest BCUT2D eigenvalue weighted by Gasteiger charge is 1.92. The number of hydrogen-bond donors (Lipinski definition) is 0. The minimum absolute atomic E-state index is 0.353. The molecular formula is C8H20Si. The molecular weight excluding hydrogens is 124 g/mol. The van der Waals surface area contributed by atoms with Crippen LogP contribution in [-0.4, -0.2) is 9.52 Å². The Morgan fingerprint density at radius 3 is 2.44 bits per heavy atom. The highest BCUT2D eigenvalue weighted by atomic mass is 28.2. The van der Waals surface area contributed by atoms with Crippen LogP contribution in [0.15, 0.2) is 0 Å². The van der Waals surface area contributed by atoms with Crippen molar-refractivity contribution in [2.75, 3.05) is 0 Å². The van der Waals surface area contributed by atoms with Crippen molar-refractivity contribution >= 4 is 9.52 Å². The maximum Gasteiger partial charge on any atom is 0.0200 e. The van der Waals surface area contributed by atoms with Gasteiger partial charge in [-0.15, -0.1) is 0 Å². The van der Waals surface area contributed by atoms with E-state index in [1.807, 2.05) is 0 Å². The minimum atomic E-state index is 0.353. The average molecular weight is 144 g/mol. The second-order valence-electron chi connectivity index (χ2n) is 3.24. The van der Waals surface area contributed by atoms with Crippen molar-refractivity contribution in [1.82, 2.24) is 0 Å². The van der Waals surface area contributed by atoms with Crippen molar-refractivity contribution < 1.29 is 0 Å². The van der Waals surface area contributed by atoms with Gasteiger partial charge in [0.2, 0.25) is 0 Å². The highest BCUT2D eigenvalue weighted by Crippen LogP contribution is 2.03. The van der Waals surface area contributed by atoms with Gasteiger partial charge in [0.1, 0.15) is 0 Å². The fourth-order valence-corrected chi connectivity index (χ4v) is 2.94. The van der Waals surface area contributed by atoms with E-state index in [1.54, 1.807) is 12.1 Å². The summed E-state index contributed by atoms with van der Waals surface area (Å²) in [5, 5.41) is 0. The van der Waals surface area contributed by atoms with Gasteiger partial charge in [-0.25, -0.2) is 0 Å². The van der Waals surface area contributed by atoms with Crippen molar-refractivity contribution in [3.63, 3.8) is 0 Å². The second kappa shape index (κ2) is 6.34. The molecule has 0 bridgehead atoms. The van der Waals surface area contributed by atoms with Crippen LogP contribution in [0, 0.1) is 5.92 Å². The van der Waals surface area contributed by atoms with Crippen LogP contribution in [0.1, 0.15) is 33.6 Å². The first-order valence-corrected chi connectivity index (χ1v) is 6.27. The lowest BCUT2D eigenvalue weighted by Gasteiger charge is -2.01. The molecule has 0 nitrogen and oxygen atoms in total. The average Bonchev–Trinajstić information content (AvgIpc) is 1.80. The fraction of sp³-hybridized carbons (Fsp3) is 1.00. The monoisotopic (exact) mass is 144 g/mol. The molecule has 0 heterocycles. The summed E-state index contributed by atoms with van der Waals surface area (Å²) in [5.74, 6) is 0.966. The molecule has 0 spiro atoms. The van der Waals surface area contributed by atoms with Gasteiger partial charge in [-0.3, -0.25) is 0 Å². The van der Waals surface area contributed by atoms with Crippen molar-refractivity contribution in [3.05, 3.63) is 0 Å². The predicted octanol–water partition coefficient (Wildman–Crippen LogP) is 2.45. The van der Waals surface area contributed by atoms with Gasteiger partial charge < -0.3 is 0 Å². The van der Waals surface area contributed by atoms with Gasteiger partial charge in [-0.1, -0.05) is 51.6 Å². The van der Waals surface area contributed by atoms with E-state index >= 15 is 0 Å². The summed E-state index contributed by atoms with van der Waals surface area (Å²) in [6, 6.07) is 3.13. The van der Waals surface area contributed by atoms with Crippen LogP contribution >= 0.6 is 0 Å². The van der Waals surface area contributed by atoms with Gasteiger partial charge in [0.05, 0.1) is 0 Å². The van der Waals surface area contributed by atoms with Crippen LogP contribution in [0.4, 0.5) is 0 Å². The Morgan fingerprint density at radius 1 is 1.33 bits per heavy atom. The van der Waals surface area contributed by atoms with Gasteiger partial charge in [0.15, 0.2) is 0 Å². The van der Waals surface area contributed by atoms with E-state index in [2.05, 4.69) is 20.8 Å². The quantitative estimate of drug-likeness (QED) is 0.411. The molecule has 0 atom stereocenters. The zero-order chi connectivity index (χ0) is 7.11. The standard InChI is InChI=1S/C8H20Si/c1-4-5-6-9-7-8(2)3/h8H,4-7,9H2,1-3H3. The third-order valence-electron chi connectivity index (χ3n) is 1.64. The molecule has 0 aromatic heterocycles. The van der Waals surface area contributed by atoms with Crippen molar-refractivity contribution in [2.24, 2.45) is 5.92 Å². The molecule has 0 aliphatic rings. The summed E-state index contributed by atoms with van der Waals surface area (Å²) in [6.45, 7) is 6.95. The molecule has 0 aliphatic carbocycles. The smallest absolute Gasteiger partial charge is 0.0200 e. The zero-order valence-electron chi connectivity index (χ0n) is 7.11.